The number of hydrogen-bond acceptors (Lipinski definition) is 6. The lowest BCUT2D eigenvalue weighted by molar-refractivity contribution is 0.0949. The zero-order valence-corrected chi connectivity index (χ0v) is 17.7. The molecule has 3 aromatic heterocycles. The molecule has 2 amide bonds. The molecule has 0 radical (unpaired) electrons. The molecule has 0 aliphatic rings. The first-order chi connectivity index (χ1) is 14.1. The van der Waals surface area contributed by atoms with Crippen LogP contribution in [0.1, 0.15) is 52.9 Å². The Balaban J connectivity index is 1.66. The quantitative estimate of drug-likeness (QED) is 0.466. The molecule has 0 unspecified atom stereocenters. The van der Waals surface area contributed by atoms with Gasteiger partial charge in [0.05, 0.1) is 21.5 Å². The summed E-state index contributed by atoms with van der Waals surface area (Å²) in [6.07, 6.45) is 1.69. The number of nitrogens with zero attached hydrogens (tertiary/aromatic N) is 3. The van der Waals surface area contributed by atoms with E-state index in [1.165, 1.54) is 11.3 Å². The number of rotatable bonds is 4. The molecule has 3 heterocycles. The molecule has 0 aliphatic heterocycles. The third kappa shape index (κ3) is 3.48. The number of nitrogens with two attached hydrogens (primary N) is 2. The third-order valence-corrected chi connectivity index (χ3v) is 5.61. The number of carbonyl (C=O) groups is 2. The van der Waals surface area contributed by atoms with Crippen molar-refractivity contribution in [3.63, 3.8) is 0 Å². The van der Waals surface area contributed by atoms with Crippen LogP contribution in [0, 0.1) is 0 Å². The lowest BCUT2D eigenvalue weighted by atomic mass is 9.90. The van der Waals surface area contributed by atoms with Gasteiger partial charge in [0.25, 0.3) is 11.8 Å². The Bertz CT molecular complexity index is 1300. The molecule has 0 atom stereocenters. The van der Waals surface area contributed by atoms with Gasteiger partial charge in [-0.05, 0) is 29.8 Å². The number of imidazole rings is 1. The molecule has 4 aromatic rings. The molecule has 30 heavy (non-hydrogen) atoms. The number of benzene rings is 1. The summed E-state index contributed by atoms with van der Waals surface area (Å²) < 4.78 is 2.56. The molecule has 154 valence electrons. The number of aromatic nitrogens is 3. The number of anilines is 1. The Labute approximate surface area is 176 Å². The maximum absolute atomic E-state index is 12.9. The topological polar surface area (TPSA) is 128 Å². The first kappa shape index (κ1) is 19.8. The Morgan fingerprint density at radius 2 is 1.97 bits per heavy atom. The summed E-state index contributed by atoms with van der Waals surface area (Å²) in [6.45, 7) is 6.18. The van der Waals surface area contributed by atoms with Crippen LogP contribution in [0.15, 0.2) is 36.5 Å². The standard InChI is InChI=1S/C21H22N6O2S/c1-21(2,3)16-15(17(22)28)27-8-4-5-12(18(27)26-16)19(29)24-10-11-6-7-13-14(9-11)30-20(23)25-13/h4-9H,10H2,1-3H3,(H2,22,28)(H2,23,25)(H,24,29). The number of fused-ring (bicyclic) bond motifs is 2. The van der Waals surface area contributed by atoms with Crippen LogP contribution in [-0.2, 0) is 12.0 Å². The zero-order valence-electron chi connectivity index (χ0n) is 16.9. The lowest BCUT2D eigenvalue weighted by Gasteiger charge is -2.16. The predicted octanol–water partition coefficient (Wildman–Crippen LogP) is 2.85. The van der Waals surface area contributed by atoms with E-state index in [1.807, 2.05) is 39.0 Å². The summed E-state index contributed by atoms with van der Waals surface area (Å²) in [5, 5.41) is 3.43. The highest BCUT2D eigenvalue weighted by atomic mass is 32.1. The Morgan fingerprint density at radius 3 is 2.67 bits per heavy atom. The summed E-state index contributed by atoms with van der Waals surface area (Å²) >= 11 is 1.40. The van der Waals surface area contributed by atoms with E-state index in [0.717, 1.165) is 15.8 Å². The van der Waals surface area contributed by atoms with Crippen molar-refractivity contribution in [3.8, 4) is 0 Å². The normalized spacial score (nSPS) is 11.8. The average Bonchev–Trinajstić information content (AvgIpc) is 3.24. The second-order valence-electron chi connectivity index (χ2n) is 8.08. The molecule has 5 N–H and O–H groups in total. The summed E-state index contributed by atoms with van der Waals surface area (Å²) in [4.78, 5) is 33.9. The average molecular weight is 423 g/mol. The van der Waals surface area contributed by atoms with Gasteiger partial charge < -0.3 is 16.8 Å². The maximum atomic E-state index is 12.9. The van der Waals surface area contributed by atoms with Gasteiger partial charge in [-0.1, -0.05) is 38.2 Å². The molecule has 8 nitrogen and oxygen atoms in total. The Hall–Kier alpha value is -3.46. The minimum atomic E-state index is -0.581. The van der Waals surface area contributed by atoms with E-state index in [4.69, 9.17) is 11.5 Å². The highest BCUT2D eigenvalue weighted by Gasteiger charge is 2.28. The van der Waals surface area contributed by atoms with Crippen molar-refractivity contribution in [3.05, 3.63) is 59.0 Å². The number of carbonyl (C=O) groups excluding carboxylic acids is 2. The van der Waals surface area contributed by atoms with Gasteiger partial charge in [0.1, 0.15) is 5.69 Å². The zero-order chi connectivity index (χ0) is 21.6. The molecule has 4 rings (SSSR count). The molecule has 0 saturated carbocycles. The van der Waals surface area contributed by atoms with Crippen LogP contribution in [0.3, 0.4) is 0 Å². The number of primary amides is 1. The van der Waals surface area contributed by atoms with Crippen molar-refractivity contribution in [1.82, 2.24) is 19.7 Å². The molecule has 9 heteroatoms. The lowest BCUT2D eigenvalue weighted by Crippen LogP contribution is -2.24. The van der Waals surface area contributed by atoms with Crippen LogP contribution in [0.5, 0.6) is 0 Å². The first-order valence-corrected chi connectivity index (χ1v) is 10.2. The predicted molar refractivity (Wildman–Crippen MR) is 118 cm³/mol. The number of nitrogen functional groups attached to an aromatic ring is 1. The van der Waals surface area contributed by atoms with Crippen molar-refractivity contribution in [2.45, 2.75) is 32.7 Å². The van der Waals surface area contributed by atoms with Crippen molar-refractivity contribution in [1.29, 1.82) is 0 Å². The molecule has 0 saturated heterocycles. The van der Waals surface area contributed by atoms with E-state index in [1.54, 1.807) is 22.7 Å². The summed E-state index contributed by atoms with van der Waals surface area (Å²) in [7, 11) is 0. The Kier molecular flexibility index (Phi) is 4.70. The maximum Gasteiger partial charge on any atom is 0.267 e. The fourth-order valence-corrected chi connectivity index (χ4v) is 4.18. The van der Waals surface area contributed by atoms with Crippen molar-refractivity contribution < 1.29 is 9.59 Å². The second-order valence-corrected chi connectivity index (χ2v) is 9.14. The van der Waals surface area contributed by atoms with Crippen LogP contribution in [0.2, 0.25) is 0 Å². The van der Waals surface area contributed by atoms with Crippen molar-refractivity contribution in [2.75, 3.05) is 5.73 Å². The Morgan fingerprint density at radius 1 is 1.20 bits per heavy atom. The van der Waals surface area contributed by atoms with Gasteiger partial charge in [-0.15, -0.1) is 0 Å². The molecule has 0 aliphatic carbocycles. The minimum Gasteiger partial charge on any atom is -0.375 e. The molecular formula is C21H22N6O2S. The fourth-order valence-electron chi connectivity index (χ4n) is 3.38. The van der Waals surface area contributed by atoms with Gasteiger partial charge in [-0.2, -0.15) is 0 Å². The minimum absolute atomic E-state index is 0.286. The largest absolute Gasteiger partial charge is 0.375 e. The van der Waals surface area contributed by atoms with Gasteiger partial charge >= 0.3 is 0 Å². The van der Waals surface area contributed by atoms with Gasteiger partial charge in [0.15, 0.2) is 10.8 Å². The van der Waals surface area contributed by atoms with Crippen LogP contribution in [0.4, 0.5) is 5.13 Å². The fraction of sp³-hybridized carbons (Fsp3) is 0.238. The first-order valence-electron chi connectivity index (χ1n) is 9.39. The van der Waals surface area contributed by atoms with Gasteiger partial charge in [0, 0.05) is 18.2 Å². The highest BCUT2D eigenvalue weighted by Crippen LogP contribution is 2.28. The second kappa shape index (κ2) is 7.10. The SMILES string of the molecule is CC(C)(C)c1nc2c(C(=O)NCc3ccc4nc(N)sc4c3)cccn2c1C(N)=O. The van der Waals surface area contributed by atoms with Gasteiger partial charge in [-0.3, -0.25) is 14.0 Å². The summed E-state index contributed by atoms with van der Waals surface area (Å²) in [5.41, 5.74) is 14.4. The van der Waals surface area contributed by atoms with Gasteiger partial charge in [0.2, 0.25) is 0 Å². The van der Waals surface area contributed by atoms with E-state index in [2.05, 4.69) is 15.3 Å². The highest BCUT2D eigenvalue weighted by molar-refractivity contribution is 7.22. The van der Waals surface area contributed by atoms with E-state index >= 15 is 0 Å². The van der Waals surface area contributed by atoms with E-state index in [-0.39, 0.29) is 5.91 Å². The van der Waals surface area contributed by atoms with Crippen LogP contribution >= 0.6 is 11.3 Å². The smallest absolute Gasteiger partial charge is 0.267 e. The molecule has 1 aromatic carbocycles. The summed E-state index contributed by atoms with van der Waals surface area (Å²) in [5.74, 6) is -0.867. The van der Waals surface area contributed by atoms with Crippen molar-refractivity contribution in [2.24, 2.45) is 5.73 Å². The molecule has 0 fully saturated rings. The number of pyridine rings is 1. The van der Waals surface area contributed by atoms with Crippen LogP contribution in [-0.4, -0.2) is 26.2 Å². The van der Waals surface area contributed by atoms with E-state index < -0.39 is 11.3 Å². The van der Waals surface area contributed by atoms with Crippen LogP contribution in [0.25, 0.3) is 15.9 Å². The van der Waals surface area contributed by atoms with E-state index in [9.17, 15) is 9.59 Å². The van der Waals surface area contributed by atoms with Gasteiger partial charge in [-0.25, -0.2) is 9.97 Å². The number of hydrogen-bond donors (Lipinski definition) is 3. The molecular weight excluding hydrogens is 400 g/mol. The van der Waals surface area contributed by atoms with Crippen molar-refractivity contribution >= 4 is 44.1 Å². The monoisotopic (exact) mass is 422 g/mol. The molecule has 0 bridgehead atoms. The number of amides is 2. The number of nitrogens with one attached hydrogen (secondary N) is 1. The molecule has 0 spiro atoms. The third-order valence-electron chi connectivity index (χ3n) is 4.76. The van der Waals surface area contributed by atoms with Crippen LogP contribution < -0.4 is 16.8 Å². The summed E-state index contributed by atoms with van der Waals surface area (Å²) in [6, 6.07) is 9.13. The van der Waals surface area contributed by atoms with E-state index in [0.29, 0.717) is 34.3 Å². The number of thiazole rings is 1.